The maximum Gasteiger partial charge on any atom is 0.273 e. The van der Waals surface area contributed by atoms with Crippen molar-refractivity contribution in [1.82, 2.24) is 10.2 Å². The molecule has 1 saturated heterocycles. The van der Waals surface area contributed by atoms with Gasteiger partial charge < -0.3 is 10.1 Å². The molecule has 1 heterocycles. The van der Waals surface area contributed by atoms with Gasteiger partial charge in [0, 0.05) is 42.5 Å². The first-order chi connectivity index (χ1) is 13.9. The number of thiocarbonyl (C=S) groups is 1. The quantitative estimate of drug-likeness (QED) is 0.441. The largest absolute Gasteiger partial charge is 0.379 e. The topological polar surface area (TPSA) is 96.7 Å². The average Bonchev–Trinajstić information content (AvgIpc) is 2.70. The number of anilines is 1. The minimum Gasteiger partial charge on any atom is -0.379 e. The van der Waals surface area contributed by atoms with Crippen molar-refractivity contribution >= 4 is 34.6 Å². The molecule has 1 amide bonds. The van der Waals surface area contributed by atoms with Crippen molar-refractivity contribution in [1.29, 1.82) is 0 Å². The highest BCUT2D eigenvalue weighted by Gasteiger charge is 2.16. The maximum atomic E-state index is 12.3. The zero-order valence-electron chi connectivity index (χ0n) is 16.0. The molecule has 0 unspecified atom stereocenters. The molecule has 0 aliphatic carbocycles. The van der Waals surface area contributed by atoms with Crippen LogP contribution in [0, 0.1) is 17.0 Å². The van der Waals surface area contributed by atoms with Crippen molar-refractivity contribution in [2.45, 2.75) is 13.5 Å². The molecule has 1 fully saturated rings. The number of amides is 1. The number of hydrogen-bond acceptors (Lipinski definition) is 6. The number of carbonyl (C=O) groups is 1. The van der Waals surface area contributed by atoms with Crippen molar-refractivity contribution < 1.29 is 14.5 Å². The molecule has 0 radical (unpaired) electrons. The van der Waals surface area contributed by atoms with Crippen LogP contribution in [0.2, 0.25) is 0 Å². The van der Waals surface area contributed by atoms with Gasteiger partial charge >= 0.3 is 0 Å². The molecule has 0 atom stereocenters. The van der Waals surface area contributed by atoms with Gasteiger partial charge in [0.25, 0.3) is 11.6 Å². The lowest BCUT2D eigenvalue weighted by atomic mass is 10.1. The number of nitro benzene ring substituents is 1. The maximum absolute atomic E-state index is 12.3. The van der Waals surface area contributed by atoms with E-state index in [-0.39, 0.29) is 16.4 Å². The Hall–Kier alpha value is -2.88. The standard InChI is InChI=1S/C20H22N4O4S/c1-14-2-5-16(12-18(14)24(26)27)19(25)22-20(29)21-17-6-3-15(4-7-17)13-23-8-10-28-11-9-23/h2-7,12H,8-11,13H2,1H3,(H2,21,22,25,29). The molecule has 152 valence electrons. The number of nitrogens with one attached hydrogen (secondary N) is 2. The molecule has 3 rings (SSSR count). The van der Waals surface area contributed by atoms with Crippen LogP contribution in [0.3, 0.4) is 0 Å². The third-order valence-corrected chi connectivity index (χ3v) is 4.82. The normalized spacial score (nSPS) is 14.2. The Bertz CT molecular complexity index is 911. The van der Waals surface area contributed by atoms with Crippen LogP contribution in [0.5, 0.6) is 0 Å². The number of rotatable bonds is 5. The molecule has 2 aromatic carbocycles. The Morgan fingerprint density at radius 3 is 2.55 bits per heavy atom. The van der Waals surface area contributed by atoms with Crippen molar-refractivity contribution in [3.8, 4) is 0 Å². The fourth-order valence-electron chi connectivity index (χ4n) is 3.00. The number of nitro groups is 1. The fraction of sp³-hybridized carbons (Fsp3) is 0.300. The van der Waals surface area contributed by atoms with Gasteiger partial charge in [0.05, 0.1) is 18.1 Å². The molecule has 0 saturated carbocycles. The molecular formula is C20H22N4O4S. The summed E-state index contributed by atoms with van der Waals surface area (Å²) in [5.41, 5.74) is 2.49. The van der Waals surface area contributed by atoms with Gasteiger partial charge in [-0.15, -0.1) is 0 Å². The summed E-state index contributed by atoms with van der Waals surface area (Å²) in [6.07, 6.45) is 0. The van der Waals surface area contributed by atoms with Gasteiger partial charge in [-0.05, 0) is 42.9 Å². The van der Waals surface area contributed by atoms with Crippen LogP contribution in [0.25, 0.3) is 0 Å². The van der Waals surface area contributed by atoms with E-state index in [2.05, 4.69) is 15.5 Å². The van der Waals surface area contributed by atoms with Crippen LogP contribution in [-0.2, 0) is 11.3 Å². The zero-order chi connectivity index (χ0) is 20.8. The molecule has 2 N–H and O–H groups in total. The molecule has 0 aromatic heterocycles. The summed E-state index contributed by atoms with van der Waals surface area (Å²) in [4.78, 5) is 25.2. The Morgan fingerprint density at radius 2 is 1.90 bits per heavy atom. The average molecular weight is 414 g/mol. The van der Waals surface area contributed by atoms with Gasteiger partial charge in [-0.2, -0.15) is 0 Å². The predicted molar refractivity (Wildman–Crippen MR) is 114 cm³/mol. The van der Waals surface area contributed by atoms with E-state index in [9.17, 15) is 14.9 Å². The van der Waals surface area contributed by atoms with Gasteiger partial charge in [0.2, 0.25) is 0 Å². The second-order valence-electron chi connectivity index (χ2n) is 6.75. The van der Waals surface area contributed by atoms with E-state index >= 15 is 0 Å². The molecule has 2 aromatic rings. The van der Waals surface area contributed by atoms with Gasteiger partial charge in [0.1, 0.15) is 0 Å². The minimum atomic E-state index is -0.513. The van der Waals surface area contributed by atoms with Crippen molar-refractivity contribution in [2.75, 3.05) is 31.6 Å². The number of nitrogens with zero attached hydrogens (tertiary/aromatic N) is 2. The van der Waals surface area contributed by atoms with Gasteiger partial charge in [-0.3, -0.25) is 25.1 Å². The first kappa shape index (κ1) is 20.8. The van der Waals surface area contributed by atoms with Crippen LogP contribution in [-0.4, -0.2) is 47.1 Å². The first-order valence-electron chi connectivity index (χ1n) is 9.19. The molecule has 8 nitrogen and oxygen atoms in total. The van der Waals surface area contributed by atoms with Crippen LogP contribution >= 0.6 is 12.2 Å². The van der Waals surface area contributed by atoms with E-state index in [1.807, 2.05) is 24.3 Å². The number of hydrogen-bond donors (Lipinski definition) is 2. The monoisotopic (exact) mass is 414 g/mol. The highest BCUT2D eigenvalue weighted by atomic mass is 32.1. The Kier molecular flexibility index (Phi) is 6.86. The number of carbonyl (C=O) groups excluding carboxylic acids is 1. The molecule has 0 spiro atoms. The summed E-state index contributed by atoms with van der Waals surface area (Å²) in [5, 5.41) is 16.7. The van der Waals surface area contributed by atoms with Crippen LogP contribution in [0.4, 0.5) is 11.4 Å². The summed E-state index contributed by atoms with van der Waals surface area (Å²) in [7, 11) is 0. The third-order valence-electron chi connectivity index (χ3n) is 4.62. The van der Waals surface area contributed by atoms with Gasteiger partial charge in [-0.1, -0.05) is 18.2 Å². The van der Waals surface area contributed by atoms with Crippen molar-refractivity contribution in [2.24, 2.45) is 0 Å². The molecule has 1 aliphatic heterocycles. The Balaban J connectivity index is 1.55. The summed E-state index contributed by atoms with van der Waals surface area (Å²) >= 11 is 5.19. The minimum absolute atomic E-state index is 0.104. The lowest BCUT2D eigenvalue weighted by molar-refractivity contribution is -0.385. The van der Waals surface area contributed by atoms with E-state index in [0.717, 1.165) is 38.5 Å². The van der Waals surface area contributed by atoms with E-state index in [1.165, 1.54) is 23.8 Å². The van der Waals surface area contributed by atoms with Crippen molar-refractivity contribution in [3.05, 3.63) is 69.3 Å². The molecule has 1 aliphatic rings. The van der Waals surface area contributed by atoms with E-state index < -0.39 is 10.8 Å². The second-order valence-corrected chi connectivity index (χ2v) is 7.16. The highest BCUT2D eigenvalue weighted by molar-refractivity contribution is 7.80. The Labute approximate surface area is 174 Å². The smallest absolute Gasteiger partial charge is 0.273 e. The second kappa shape index (κ2) is 9.55. The van der Waals surface area contributed by atoms with Crippen LogP contribution < -0.4 is 10.6 Å². The predicted octanol–water partition coefficient (Wildman–Crippen LogP) is 2.86. The van der Waals surface area contributed by atoms with Gasteiger partial charge in [0.15, 0.2) is 5.11 Å². The van der Waals surface area contributed by atoms with E-state index in [4.69, 9.17) is 17.0 Å². The van der Waals surface area contributed by atoms with Crippen LogP contribution in [0.1, 0.15) is 21.5 Å². The summed E-state index contributed by atoms with van der Waals surface area (Å²) in [6, 6.07) is 12.1. The van der Waals surface area contributed by atoms with Crippen molar-refractivity contribution in [3.63, 3.8) is 0 Å². The van der Waals surface area contributed by atoms with Gasteiger partial charge in [-0.25, -0.2) is 0 Å². The lowest BCUT2D eigenvalue weighted by Gasteiger charge is -2.26. The number of benzene rings is 2. The molecular weight excluding hydrogens is 392 g/mol. The Morgan fingerprint density at radius 1 is 1.21 bits per heavy atom. The number of morpholine rings is 1. The summed E-state index contributed by atoms with van der Waals surface area (Å²) in [6.45, 7) is 5.85. The van der Waals surface area contributed by atoms with E-state index in [0.29, 0.717) is 5.56 Å². The van der Waals surface area contributed by atoms with E-state index in [1.54, 1.807) is 6.92 Å². The highest BCUT2D eigenvalue weighted by Crippen LogP contribution is 2.19. The SMILES string of the molecule is Cc1ccc(C(=O)NC(=S)Nc2ccc(CN3CCOCC3)cc2)cc1[N+](=O)[O-]. The number of aryl methyl sites for hydroxylation is 1. The lowest BCUT2D eigenvalue weighted by Crippen LogP contribution is -2.35. The first-order valence-corrected chi connectivity index (χ1v) is 9.59. The number of ether oxygens (including phenoxy) is 1. The van der Waals surface area contributed by atoms with Crippen LogP contribution in [0.15, 0.2) is 42.5 Å². The fourth-order valence-corrected chi connectivity index (χ4v) is 3.21. The third kappa shape index (κ3) is 5.80. The molecule has 9 heteroatoms. The summed E-state index contributed by atoms with van der Waals surface area (Å²) < 4.78 is 5.35. The molecule has 0 bridgehead atoms. The summed E-state index contributed by atoms with van der Waals surface area (Å²) in [5.74, 6) is -0.505. The molecule has 29 heavy (non-hydrogen) atoms. The zero-order valence-corrected chi connectivity index (χ0v) is 16.8.